The smallest absolute Gasteiger partial charge is 0.234 e. The van der Waals surface area contributed by atoms with E-state index in [0.717, 1.165) is 21.1 Å². The Morgan fingerprint density at radius 1 is 1.29 bits per heavy atom. The van der Waals surface area contributed by atoms with E-state index >= 15 is 0 Å². The normalized spacial score (nSPS) is 15.4. The first-order valence-corrected chi connectivity index (χ1v) is 10.0. The predicted molar refractivity (Wildman–Crippen MR) is 100 cm³/mol. The number of anilines is 1. The van der Waals surface area contributed by atoms with Crippen LogP contribution in [0.2, 0.25) is 0 Å². The van der Waals surface area contributed by atoms with Crippen molar-refractivity contribution in [3.63, 3.8) is 0 Å². The number of halogens is 1. The lowest BCUT2D eigenvalue weighted by molar-refractivity contribution is -0.113. The Labute approximate surface area is 154 Å². The Balaban J connectivity index is 1.62. The molecule has 0 unspecified atom stereocenters. The number of hydrogen-bond acceptors (Lipinski definition) is 4. The van der Waals surface area contributed by atoms with Crippen molar-refractivity contribution in [3.05, 3.63) is 34.6 Å². The highest BCUT2D eigenvalue weighted by atomic mass is 79.9. The molecule has 1 fully saturated rings. The summed E-state index contributed by atoms with van der Waals surface area (Å²) in [5.41, 5.74) is 0.785. The quantitative estimate of drug-likeness (QED) is 0.735. The number of benzene rings is 1. The van der Waals surface area contributed by atoms with Crippen molar-refractivity contribution in [3.8, 4) is 0 Å². The Kier molecular flexibility index (Phi) is 5.94. The van der Waals surface area contributed by atoms with Gasteiger partial charge >= 0.3 is 0 Å². The van der Waals surface area contributed by atoms with Crippen LogP contribution in [-0.4, -0.2) is 26.4 Å². The zero-order chi connectivity index (χ0) is 16.9. The van der Waals surface area contributed by atoms with Crippen molar-refractivity contribution in [2.45, 2.75) is 50.2 Å². The molecular weight excluding hydrogens is 388 g/mol. The van der Waals surface area contributed by atoms with Gasteiger partial charge in [0.1, 0.15) is 5.82 Å². The van der Waals surface area contributed by atoms with Gasteiger partial charge in [0, 0.05) is 10.5 Å². The molecule has 1 aliphatic rings. The number of nitrogens with zero attached hydrogens (tertiary/aromatic N) is 3. The number of aryl methyl sites for hydroxylation is 1. The maximum absolute atomic E-state index is 12.2. The summed E-state index contributed by atoms with van der Waals surface area (Å²) in [5.74, 6) is 1.23. The van der Waals surface area contributed by atoms with E-state index in [1.807, 2.05) is 31.2 Å². The number of nitrogens with one attached hydrogen (secondary N) is 1. The van der Waals surface area contributed by atoms with E-state index in [0.29, 0.717) is 11.8 Å². The van der Waals surface area contributed by atoms with Gasteiger partial charge in [0.15, 0.2) is 5.16 Å². The van der Waals surface area contributed by atoms with Gasteiger partial charge in [0.25, 0.3) is 0 Å². The van der Waals surface area contributed by atoms with Crippen LogP contribution in [0.25, 0.3) is 0 Å². The first-order chi connectivity index (χ1) is 11.6. The van der Waals surface area contributed by atoms with Crippen LogP contribution in [0.1, 0.15) is 44.0 Å². The lowest BCUT2D eigenvalue weighted by Gasteiger charge is -2.24. The number of hydrogen-bond donors (Lipinski definition) is 1. The maximum Gasteiger partial charge on any atom is 0.234 e. The molecule has 128 valence electrons. The second kappa shape index (κ2) is 8.16. The van der Waals surface area contributed by atoms with E-state index in [1.165, 1.54) is 43.9 Å². The van der Waals surface area contributed by atoms with Crippen molar-refractivity contribution in [2.24, 2.45) is 0 Å². The lowest BCUT2D eigenvalue weighted by Crippen LogP contribution is -2.17. The SMILES string of the molecule is Cc1nnc(SCC(=O)Nc2ccccc2Br)n1C1CCCCC1. The van der Waals surface area contributed by atoms with Crippen LogP contribution in [0.3, 0.4) is 0 Å². The first-order valence-electron chi connectivity index (χ1n) is 8.24. The fraction of sp³-hybridized carbons (Fsp3) is 0.471. The topological polar surface area (TPSA) is 59.8 Å². The number of carbonyl (C=O) groups is 1. The van der Waals surface area contributed by atoms with Gasteiger partial charge in [-0.3, -0.25) is 4.79 Å². The number of para-hydroxylation sites is 1. The highest BCUT2D eigenvalue weighted by Crippen LogP contribution is 2.32. The Morgan fingerprint density at radius 2 is 2.04 bits per heavy atom. The Bertz CT molecular complexity index is 712. The average molecular weight is 409 g/mol. The number of amides is 1. The zero-order valence-corrected chi connectivity index (χ0v) is 16.1. The van der Waals surface area contributed by atoms with Crippen molar-refractivity contribution in [1.82, 2.24) is 14.8 Å². The largest absolute Gasteiger partial charge is 0.324 e. The molecule has 1 amide bonds. The van der Waals surface area contributed by atoms with Crippen molar-refractivity contribution < 1.29 is 4.79 Å². The van der Waals surface area contributed by atoms with Crippen molar-refractivity contribution in [1.29, 1.82) is 0 Å². The minimum atomic E-state index is -0.0391. The summed E-state index contributed by atoms with van der Waals surface area (Å²) < 4.78 is 3.10. The van der Waals surface area contributed by atoms with Crippen molar-refractivity contribution >= 4 is 39.3 Å². The standard InChI is InChI=1S/C17H21BrN4OS/c1-12-20-21-17(22(12)13-7-3-2-4-8-13)24-11-16(23)19-15-10-6-5-9-14(15)18/h5-6,9-10,13H,2-4,7-8,11H2,1H3,(H,19,23). The van der Waals surface area contributed by atoms with Gasteiger partial charge in [-0.1, -0.05) is 43.2 Å². The van der Waals surface area contributed by atoms with E-state index in [1.54, 1.807) is 0 Å². The molecule has 0 spiro atoms. The summed E-state index contributed by atoms with van der Waals surface area (Å²) >= 11 is 4.90. The number of rotatable bonds is 5. The molecule has 5 nitrogen and oxygen atoms in total. The molecule has 1 aromatic carbocycles. The second-order valence-electron chi connectivity index (χ2n) is 6.01. The first kappa shape index (κ1) is 17.5. The molecule has 3 rings (SSSR count). The predicted octanol–water partition coefficient (Wildman–Crippen LogP) is 4.59. The van der Waals surface area contributed by atoms with Gasteiger partial charge < -0.3 is 9.88 Å². The molecule has 0 bridgehead atoms. The third kappa shape index (κ3) is 4.19. The Hall–Kier alpha value is -1.34. The average Bonchev–Trinajstić information content (AvgIpc) is 2.96. The summed E-state index contributed by atoms with van der Waals surface area (Å²) in [5, 5.41) is 12.3. The highest BCUT2D eigenvalue weighted by molar-refractivity contribution is 9.10. The van der Waals surface area contributed by atoms with Gasteiger partial charge in [0.05, 0.1) is 11.4 Å². The van der Waals surface area contributed by atoms with Gasteiger partial charge in [-0.05, 0) is 47.8 Å². The summed E-state index contributed by atoms with van der Waals surface area (Å²) in [4.78, 5) is 12.2. The van der Waals surface area contributed by atoms with E-state index in [-0.39, 0.29) is 5.91 Å². The fourth-order valence-electron chi connectivity index (χ4n) is 3.09. The molecule has 7 heteroatoms. The van der Waals surface area contributed by atoms with E-state index in [9.17, 15) is 4.79 Å². The molecule has 0 aliphatic heterocycles. The minimum Gasteiger partial charge on any atom is -0.324 e. The van der Waals surface area contributed by atoms with E-state index in [2.05, 4.69) is 36.0 Å². The van der Waals surface area contributed by atoms with Crippen LogP contribution in [0.5, 0.6) is 0 Å². The van der Waals surface area contributed by atoms with Gasteiger partial charge in [-0.2, -0.15) is 0 Å². The van der Waals surface area contributed by atoms with E-state index < -0.39 is 0 Å². The van der Waals surface area contributed by atoms with Crippen LogP contribution < -0.4 is 5.32 Å². The fourth-order valence-corrected chi connectivity index (χ4v) is 4.32. The highest BCUT2D eigenvalue weighted by Gasteiger charge is 2.21. The van der Waals surface area contributed by atoms with Gasteiger partial charge in [-0.15, -0.1) is 10.2 Å². The van der Waals surface area contributed by atoms with Gasteiger partial charge in [0.2, 0.25) is 5.91 Å². The molecule has 1 heterocycles. The number of carbonyl (C=O) groups excluding carboxylic acids is 1. The van der Waals surface area contributed by atoms with Crippen LogP contribution in [0, 0.1) is 6.92 Å². The number of aromatic nitrogens is 3. The summed E-state index contributed by atoms with van der Waals surface area (Å²) in [6, 6.07) is 8.08. The second-order valence-corrected chi connectivity index (χ2v) is 7.81. The third-order valence-electron chi connectivity index (χ3n) is 4.26. The molecule has 1 aromatic heterocycles. The molecule has 1 aliphatic carbocycles. The molecule has 1 N–H and O–H groups in total. The van der Waals surface area contributed by atoms with Crippen molar-refractivity contribution in [2.75, 3.05) is 11.1 Å². The Morgan fingerprint density at radius 3 is 2.79 bits per heavy atom. The number of thioether (sulfide) groups is 1. The lowest BCUT2D eigenvalue weighted by atomic mass is 9.95. The van der Waals surface area contributed by atoms with Crippen LogP contribution in [0.4, 0.5) is 5.69 Å². The molecule has 0 saturated heterocycles. The molecular formula is C17H21BrN4OS. The maximum atomic E-state index is 12.2. The zero-order valence-electron chi connectivity index (χ0n) is 13.7. The third-order valence-corrected chi connectivity index (χ3v) is 5.89. The van der Waals surface area contributed by atoms with Crippen LogP contribution in [-0.2, 0) is 4.79 Å². The van der Waals surface area contributed by atoms with Crippen LogP contribution >= 0.6 is 27.7 Å². The summed E-state index contributed by atoms with van der Waals surface area (Å²) in [7, 11) is 0. The molecule has 0 atom stereocenters. The molecule has 0 radical (unpaired) electrons. The molecule has 24 heavy (non-hydrogen) atoms. The van der Waals surface area contributed by atoms with Crippen LogP contribution in [0.15, 0.2) is 33.9 Å². The van der Waals surface area contributed by atoms with E-state index in [4.69, 9.17) is 0 Å². The monoisotopic (exact) mass is 408 g/mol. The molecule has 1 saturated carbocycles. The van der Waals surface area contributed by atoms with Gasteiger partial charge in [-0.25, -0.2) is 0 Å². The summed E-state index contributed by atoms with van der Waals surface area (Å²) in [6.45, 7) is 1.99. The summed E-state index contributed by atoms with van der Waals surface area (Å²) in [6.07, 6.45) is 6.18. The minimum absolute atomic E-state index is 0.0391. The molecule has 2 aromatic rings.